The molecule has 98 valence electrons. The molecule has 1 aliphatic rings. The molecule has 1 atom stereocenters. The van der Waals surface area contributed by atoms with Gasteiger partial charge in [-0.1, -0.05) is 12.1 Å². The van der Waals surface area contributed by atoms with Gasteiger partial charge in [-0.2, -0.15) is 0 Å². The molecule has 0 bridgehead atoms. The maximum atomic E-state index is 11.2. The maximum Gasteiger partial charge on any atom is 0.221 e. The molecule has 1 saturated heterocycles. The van der Waals surface area contributed by atoms with Crippen molar-refractivity contribution in [2.75, 3.05) is 19.3 Å². The lowest BCUT2D eigenvalue weighted by atomic mass is 9.97. The van der Waals surface area contributed by atoms with Gasteiger partial charge in [0.05, 0.1) is 5.92 Å². The molecule has 0 radical (unpaired) electrons. The number of benzene rings is 1. The molecule has 0 aliphatic carbocycles. The fourth-order valence-corrected chi connectivity index (χ4v) is 2.83. The van der Waals surface area contributed by atoms with Crippen LogP contribution in [-0.2, 0) is 11.3 Å². The molecule has 2 N–H and O–H groups in total. The smallest absolute Gasteiger partial charge is 0.221 e. The van der Waals surface area contributed by atoms with Gasteiger partial charge in [-0.15, -0.1) is 11.8 Å². The van der Waals surface area contributed by atoms with E-state index >= 15 is 0 Å². The molecular formula is C14H20N2OS. The third kappa shape index (κ3) is 3.50. The van der Waals surface area contributed by atoms with Gasteiger partial charge < -0.3 is 5.73 Å². The van der Waals surface area contributed by atoms with Gasteiger partial charge >= 0.3 is 0 Å². The van der Waals surface area contributed by atoms with Gasteiger partial charge in [0, 0.05) is 18.0 Å². The maximum absolute atomic E-state index is 11.2. The van der Waals surface area contributed by atoms with Crippen molar-refractivity contribution in [1.29, 1.82) is 0 Å². The molecular weight excluding hydrogens is 244 g/mol. The summed E-state index contributed by atoms with van der Waals surface area (Å²) in [4.78, 5) is 14.8. The van der Waals surface area contributed by atoms with E-state index in [1.807, 2.05) is 0 Å². The molecule has 0 aromatic heterocycles. The Morgan fingerprint density at radius 2 is 2.17 bits per heavy atom. The number of carbonyl (C=O) groups is 1. The Kier molecular flexibility index (Phi) is 4.66. The highest BCUT2D eigenvalue weighted by Crippen LogP contribution is 2.20. The van der Waals surface area contributed by atoms with E-state index in [4.69, 9.17) is 5.73 Å². The first-order valence-corrected chi connectivity index (χ1v) is 7.56. The van der Waals surface area contributed by atoms with Crippen molar-refractivity contribution in [3.8, 4) is 0 Å². The van der Waals surface area contributed by atoms with Crippen LogP contribution in [0.4, 0.5) is 0 Å². The zero-order chi connectivity index (χ0) is 13.0. The van der Waals surface area contributed by atoms with E-state index in [0.29, 0.717) is 0 Å². The first-order valence-electron chi connectivity index (χ1n) is 6.33. The topological polar surface area (TPSA) is 46.3 Å². The van der Waals surface area contributed by atoms with E-state index in [1.54, 1.807) is 11.8 Å². The van der Waals surface area contributed by atoms with Gasteiger partial charge in [0.2, 0.25) is 5.91 Å². The summed E-state index contributed by atoms with van der Waals surface area (Å²) in [7, 11) is 0. The molecule has 4 heteroatoms. The molecule has 18 heavy (non-hydrogen) atoms. The van der Waals surface area contributed by atoms with Crippen LogP contribution in [-0.4, -0.2) is 30.2 Å². The normalized spacial score (nSPS) is 20.8. The Morgan fingerprint density at radius 1 is 1.44 bits per heavy atom. The van der Waals surface area contributed by atoms with Crippen molar-refractivity contribution in [3.05, 3.63) is 29.8 Å². The van der Waals surface area contributed by atoms with Crippen molar-refractivity contribution in [1.82, 2.24) is 4.90 Å². The summed E-state index contributed by atoms with van der Waals surface area (Å²) >= 11 is 1.75. The number of carbonyl (C=O) groups excluding carboxylic acids is 1. The van der Waals surface area contributed by atoms with Crippen molar-refractivity contribution in [2.24, 2.45) is 11.7 Å². The summed E-state index contributed by atoms with van der Waals surface area (Å²) in [6.45, 7) is 2.78. The van der Waals surface area contributed by atoms with E-state index in [0.717, 1.165) is 32.5 Å². The van der Waals surface area contributed by atoms with Crippen molar-refractivity contribution >= 4 is 17.7 Å². The minimum absolute atomic E-state index is 0.0317. The lowest BCUT2D eigenvalue weighted by Gasteiger charge is -2.31. The van der Waals surface area contributed by atoms with E-state index in [-0.39, 0.29) is 11.8 Å². The monoisotopic (exact) mass is 264 g/mol. The third-order valence-corrected chi connectivity index (χ3v) is 4.22. The number of hydrogen-bond acceptors (Lipinski definition) is 3. The summed E-state index contributed by atoms with van der Waals surface area (Å²) in [6.07, 6.45) is 4.09. The Hall–Kier alpha value is -1.00. The highest BCUT2D eigenvalue weighted by molar-refractivity contribution is 7.98. The quantitative estimate of drug-likeness (QED) is 0.847. The summed E-state index contributed by atoms with van der Waals surface area (Å²) in [5.41, 5.74) is 6.70. The van der Waals surface area contributed by atoms with Gasteiger partial charge in [0.15, 0.2) is 0 Å². The van der Waals surface area contributed by atoms with Crippen LogP contribution in [0.3, 0.4) is 0 Å². The number of nitrogens with two attached hydrogens (primary N) is 1. The molecule has 1 fully saturated rings. The second-order valence-corrected chi connectivity index (χ2v) is 5.70. The number of primary amides is 1. The van der Waals surface area contributed by atoms with Gasteiger partial charge in [0.25, 0.3) is 0 Å². The molecule has 2 rings (SSSR count). The Balaban J connectivity index is 1.93. The average Bonchev–Trinajstić information content (AvgIpc) is 2.40. The fourth-order valence-electron chi connectivity index (χ4n) is 2.42. The van der Waals surface area contributed by atoms with Crippen molar-refractivity contribution in [2.45, 2.75) is 24.3 Å². The molecule has 1 heterocycles. The first-order chi connectivity index (χ1) is 8.69. The second kappa shape index (κ2) is 6.25. The highest BCUT2D eigenvalue weighted by atomic mass is 32.2. The van der Waals surface area contributed by atoms with Crippen LogP contribution in [0.1, 0.15) is 18.4 Å². The highest BCUT2D eigenvalue weighted by Gasteiger charge is 2.23. The molecule has 0 unspecified atom stereocenters. The summed E-state index contributed by atoms with van der Waals surface area (Å²) in [5, 5.41) is 0. The second-order valence-electron chi connectivity index (χ2n) is 4.82. The lowest BCUT2D eigenvalue weighted by Crippen LogP contribution is -2.40. The zero-order valence-electron chi connectivity index (χ0n) is 10.8. The lowest BCUT2D eigenvalue weighted by molar-refractivity contribution is -0.123. The van der Waals surface area contributed by atoms with Crippen LogP contribution in [0, 0.1) is 5.92 Å². The fraction of sp³-hybridized carbons (Fsp3) is 0.500. The number of piperidine rings is 1. The van der Waals surface area contributed by atoms with Crippen LogP contribution in [0.15, 0.2) is 29.2 Å². The molecule has 1 aromatic carbocycles. The largest absolute Gasteiger partial charge is 0.369 e. The Morgan fingerprint density at radius 3 is 2.78 bits per heavy atom. The van der Waals surface area contributed by atoms with Crippen molar-refractivity contribution in [3.63, 3.8) is 0 Å². The average molecular weight is 264 g/mol. The van der Waals surface area contributed by atoms with E-state index in [9.17, 15) is 4.79 Å². The number of thioether (sulfide) groups is 1. The molecule has 0 spiro atoms. The molecule has 1 aromatic rings. The number of hydrogen-bond donors (Lipinski definition) is 1. The summed E-state index contributed by atoms with van der Waals surface area (Å²) in [6, 6.07) is 8.63. The molecule has 1 amide bonds. The number of amides is 1. The zero-order valence-corrected chi connectivity index (χ0v) is 11.6. The van der Waals surface area contributed by atoms with Crippen LogP contribution in [0.25, 0.3) is 0 Å². The Bertz CT molecular complexity index is 405. The summed E-state index contributed by atoms with van der Waals surface area (Å²) in [5.74, 6) is -0.123. The standard InChI is InChI=1S/C14H20N2OS/c1-18-13-6-4-11(5-7-13)9-16-8-2-3-12(10-16)14(15)17/h4-7,12H,2-3,8-10H2,1H3,(H2,15,17)/t12-/m1/s1. The molecule has 3 nitrogen and oxygen atoms in total. The Labute approximate surface area is 113 Å². The summed E-state index contributed by atoms with van der Waals surface area (Å²) < 4.78 is 0. The van der Waals surface area contributed by atoms with Gasteiger partial charge in [0.1, 0.15) is 0 Å². The third-order valence-electron chi connectivity index (χ3n) is 3.47. The number of nitrogens with zero attached hydrogens (tertiary/aromatic N) is 1. The van der Waals surface area contributed by atoms with Crippen LogP contribution >= 0.6 is 11.8 Å². The van der Waals surface area contributed by atoms with Gasteiger partial charge in [-0.25, -0.2) is 0 Å². The van der Waals surface area contributed by atoms with Gasteiger partial charge in [-0.3, -0.25) is 9.69 Å². The van der Waals surface area contributed by atoms with Crippen molar-refractivity contribution < 1.29 is 4.79 Å². The van der Waals surface area contributed by atoms with Crippen LogP contribution in [0.2, 0.25) is 0 Å². The number of rotatable bonds is 4. The molecule has 1 aliphatic heterocycles. The minimum Gasteiger partial charge on any atom is -0.369 e. The van der Waals surface area contributed by atoms with E-state index in [2.05, 4.69) is 35.4 Å². The predicted molar refractivity (Wildman–Crippen MR) is 75.4 cm³/mol. The SMILES string of the molecule is CSc1ccc(CN2CCC[C@@H](C(N)=O)C2)cc1. The van der Waals surface area contributed by atoms with Crippen LogP contribution < -0.4 is 5.73 Å². The minimum atomic E-state index is -0.155. The predicted octanol–water partition coefficient (Wildman–Crippen LogP) is 2.11. The molecule has 0 saturated carbocycles. The van der Waals surface area contributed by atoms with Gasteiger partial charge in [-0.05, 0) is 43.3 Å². The van der Waals surface area contributed by atoms with E-state index in [1.165, 1.54) is 10.5 Å². The van der Waals surface area contributed by atoms with E-state index < -0.39 is 0 Å². The number of likely N-dealkylation sites (tertiary alicyclic amines) is 1. The first kappa shape index (κ1) is 13.4. The van der Waals surface area contributed by atoms with Crippen LogP contribution in [0.5, 0.6) is 0 Å².